The van der Waals surface area contributed by atoms with Gasteiger partial charge < -0.3 is 0 Å². The summed E-state index contributed by atoms with van der Waals surface area (Å²) in [6.07, 6.45) is 0. The Bertz CT molecular complexity index is 1270. The standard InChI is InChI=1S/C20H13F4N3OS/c1-10-13-4-2-11(8-17(13)26-25-10)19-15(23)6-7-16(20(19)24)27-29(28)18-9-12(21)3-5-14(18)22/h2-9,27H,1H3,(H,25,26). The maximum Gasteiger partial charge on any atom is 0.157 e. The molecule has 148 valence electrons. The summed E-state index contributed by atoms with van der Waals surface area (Å²) >= 11 is 0. The third-order valence-corrected chi connectivity index (χ3v) is 5.54. The molecule has 0 saturated carbocycles. The molecule has 1 aromatic heterocycles. The molecular weight excluding hydrogens is 406 g/mol. The summed E-state index contributed by atoms with van der Waals surface area (Å²) in [5.41, 5.74) is 0.902. The molecule has 0 amide bonds. The van der Waals surface area contributed by atoms with Crippen LogP contribution in [0.5, 0.6) is 0 Å². The van der Waals surface area contributed by atoms with Crippen molar-refractivity contribution in [2.24, 2.45) is 0 Å². The summed E-state index contributed by atoms with van der Waals surface area (Å²) in [7, 11) is -2.30. The molecule has 4 rings (SSSR count). The van der Waals surface area contributed by atoms with Crippen molar-refractivity contribution in [1.82, 2.24) is 10.2 Å². The van der Waals surface area contributed by atoms with Crippen LogP contribution >= 0.6 is 0 Å². The molecule has 9 heteroatoms. The van der Waals surface area contributed by atoms with Crippen LogP contribution in [0.2, 0.25) is 0 Å². The van der Waals surface area contributed by atoms with Crippen LogP contribution in [0.25, 0.3) is 22.0 Å². The maximum atomic E-state index is 15.0. The number of aryl methyl sites for hydroxylation is 1. The third-order valence-electron chi connectivity index (χ3n) is 4.42. The Kier molecular flexibility index (Phi) is 4.83. The lowest BCUT2D eigenvalue weighted by Crippen LogP contribution is -2.09. The Morgan fingerprint density at radius 1 is 0.966 bits per heavy atom. The Hall–Kier alpha value is -3.20. The van der Waals surface area contributed by atoms with Crippen LogP contribution in [0.3, 0.4) is 0 Å². The number of aromatic nitrogens is 2. The topological polar surface area (TPSA) is 57.8 Å². The van der Waals surface area contributed by atoms with Crippen molar-refractivity contribution >= 4 is 27.6 Å². The molecule has 0 radical (unpaired) electrons. The van der Waals surface area contributed by atoms with Gasteiger partial charge >= 0.3 is 0 Å². The maximum absolute atomic E-state index is 15.0. The largest absolute Gasteiger partial charge is 0.298 e. The molecule has 1 heterocycles. The number of anilines is 1. The second-order valence-corrected chi connectivity index (χ2v) is 7.49. The van der Waals surface area contributed by atoms with E-state index in [0.717, 1.165) is 41.4 Å². The van der Waals surface area contributed by atoms with Crippen molar-refractivity contribution in [3.63, 3.8) is 0 Å². The van der Waals surface area contributed by atoms with E-state index < -0.39 is 39.1 Å². The minimum absolute atomic E-state index is 0.227. The monoisotopic (exact) mass is 419 g/mol. The van der Waals surface area contributed by atoms with Crippen molar-refractivity contribution in [2.75, 3.05) is 4.72 Å². The van der Waals surface area contributed by atoms with Gasteiger partial charge in [-0.05, 0) is 48.9 Å². The summed E-state index contributed by atoms with van der Waals surface area (Å²) in [5, 5.41) is 7.69. The van der Waals surface area contributed by atoms with Gasteiger partial charge in [0.1, 0.15) is 17.5 Å². The summed E-state index contributed by atoms with van der Waals surface area (Å²) in [4.78, 5) is -0.483. The van der Waals surface area contributed by atoms with E-state index >= 15 is 4.39 Å². The molecule has 0 aliphatic heterocycles. The number of rotatable bonds is 4. The zero-order valence-corrected chi connectivity index (χ0v) is 15.7. The van der Waals surface area contributed by atoms with E-state index in [4.69, 9.17) is 0 Å². The Morgan fingerprint density at radius 3 is 2.52 bits per heavy atom. The lowest BCUT2D eigenvalue weighted by Gasteiger charge is -2.12. The van der Waals surface area contributed by atoms with Gasteiger partial charge in [-0.2, -0.15) is 5.10 Å². The summed E-state index contributed by atoms with van der Waals surface area (Å²) in [6.45, 7) is 1.82. The summed E-state index contributed by atoms with van der Waals surface area (Å²) in [6, 6.07) is 9.22. The van der Waals surface area contributed by atoms with Crippen molar-refractivity contribution < 1.29 is 21.8 Å². The quantitative estimate of drug-likeness (QED) is 0.445. The number of benzene rings is 3. The number of fused-ring (bicyclic) bond motifs is 1. The molecule has 0 spiro atoms. The average molecular weight is 419 g/mol. The fraction of sp³-hybridized carbons (Fsp3) is 0.0500. The lowest BCUT2D eigenvalue weighted by atomic mass is 10.0. The van der Waals surface area contributed by atoms with Crippen LogP contribution in [-0.2, 0) is 11.0 Å². The van der Waals surface area contributed by atoms with Crippen molar-refractivity contribution in [3.8, 4) is 11.1 Å². The van der Waals surface area contributed by atoms with Gasteiger partial charge in [-0.3, -0.25) is 9.82 Å². The van der Waals surface area contributed by atoms with Crippen LogP contribution < -0.4 is 4.72 Å². The number of H-pyrrole nitrogens is 1. The second-order valence-electron chi connectivity index (χ2n) is 6.31. The molecular formula is C20H13F4N3OS. The minimum atomic E-state index is -2.30. The first-order valence-corrected chi connectivity index (χ1v) is 9.56. The Labute approximate surface area is 165 Å². The van der Waals surface area contributed by atoms with E-state index in [2.05, 4.69) is 14.9 Å². The van der Waals surface area contributed by atoms with E-state index in [-0.39, 0.29) is 16.8 Å². The molecule has 0 bridgehead atoms. The zero-order valence-electron chi connectivity index (χ0n) is 14.9. The van der Waals surface area contributed by atoms with Gasteiger partial charge in [-0.25, -0.2) is 21.8 Å². The minimum Gasteiger partial charge on any atom is -0.298 e. The molecule has 4 aromatic rings. The molecule has 1 unspecified atom stereocenters. The number of hydrogen-bond donors (Lipinski definition) is 2. The molecule has 2 N–H and O–H groups in total. The van der Waals surface area contributed by atoms with E-state index in [1.165, 1.54) is 6.07 Å². The molecule has 1 atom stereocenters. The molecule has 0 aliphatic carbocycles. The summed E-state index contributed by atoms with van der Waals surface area (Å²) in [5.74, 6) is -3.55. The fourth-order valence-corrected chi connectivity index (χ4v) is 3.90. The second kappa shape index (κ2) is 7.32. The van der Waals surface area contributed by atoms with Crippen molar-refractivity contribution in [3.05, 3.63) is 77.5 Å². The highest BCUT2D eigenvalue weighted by molar-refractivity contribution is 7.86. The molecule has 3 aromatic carbocycles. The highest BCUT2D eigenvalue weighted by Gasteiger charge is 2.19. The van der Waals surface area contributed by atoms with Crippen LogP contribution in [0.15, 0.2) is 53.4 Å². The highest BCUT2D eigenvalue weighted by Crippen LogP contribution is 2.33. The number of nitrogens with zero attached hydrogens (tertiary/aromatic N) is 1. The number of hydrogen-bond acceptors (Lipinski definition) is 2. The zero-order chi connectivity index (χ0) is 20.7. The first kappa shape index (κ1) is 19.1. The molecule has 0 saturated heterocycles. The van der Waals surface area contributed by atoms with Crippen LogP contribution in [-0.4, -0.2) is 14.4 Å². The van der Waals surface area contributed by atoms with Gasteiger partial charge in [0.05, 0.1) is 21.7 Å². The van der Waals surface area contributed by atoms with Crippen molar-refractivity contribution in [1.29, 1.82) is 0 Å². The number of halogens is 4. The number of nitrogens with one attached hydrogen (secondary N) is 2. The molecule has 29 heavy (non-hydrogen) atoms. The Balaban J connectivity index is 1.74. The van der Waals surface area contributed by atoms with Crippen molar-refractivity contribution in [2.45, 2.75) is 11.8 Å². The molecule has 0 fully saturated rings. The SMILES string of the molecule is Cc1[nH]nc2cc(-c3c(F)ccc(NS(=O)c4cc(F)ccc4F)c3F)ccc12. The van der Waals surface area contributed by atoms with Gasteiger partial charge in [0.2, 0.25) is 0 Å². The van der Waals surface area contributed by atoms with Crippen LogP contribution in [0, 0.1) is 30.2 Å². The average Bonchev–Trinajstić information content (AvgIpc) is 3.06. The van der Waals surface area contributed by atoms with Crippen LogP contribution in [0.1, 0.15) is 5.69 Å². The number of aromatic amines is 1. The van der Waals surface area contributed by atoms with Gasteiger partial charge in [-0.15, -0.1) is 0 Å². The Morgan fingerprint density at radius 2 is 1.72 bits per heavy atom. The smallest absolute Gasteiger partial charge is 0.157 e. The first-order valence-electron chi connectivity index (χ1n) is 8.41. The van der Waals surface area contributed by atoms with E-state index in [0.29, 0.717) is 5.52 Å². The van der Waals surface area contributed by atoms with E-state index in [1.54, 1.807) is 12.1 Å². The molecule has 0 aliphatic rings. The van der Waals surface area contributed by atoms with E-state index in [1.807, 2.05) is 6.92 Å². The van der Waals surface area contributed by atoms with E-state index in [9.17, 15) is 17.4 Å². The normalized spacial score (nSPS) is 12.3. The fourth-order valence-electron chi connectivity index (χ4n) is 2.97. The van der Waals surface area contributed by atoms with Gasteiger partial charge in [-0.1, -0.05) is 12.1 Å². The molecule has 4 nitrogen and oxygen atoms in total. The highest BCUT2D eigenvalue weighted by atomic mass is 32.2. The van der Waals surface area contributed by atoms with Gasteiger partial charge in [0.15, 0.2) is 16.8 Å². The third kappa shape index (κ3) is 3.49. The first-order chi connectivity index (χ1) is 13.8. The van der Waals surface area contributed by atoms with Gasteiger partial charge in [0.25, 0.3) is 0 Å². The predicted molar refractivity (Wildman–Crippen MR) is 103 cm³/mol. The van der Waals surface area contributed by atoms with Gasteiger partial charge in [0, 0.05) is 11.1 Å². The summed E-state index contributed by atoms with van der Waals surface area (Å²) < 4.78 is 71.3. The van der Waals surface area contributed by atoms with Crippen LogP contribution in [0.4, 0.5) is 23.2 Å². The lowest BCUT2D eigenvalue weighted by molar-refractivity contribution is 0.572. The predicted octanol–water partition coefficient (Wildman–Crippen LogP) is 5.23.